The average molecular weight is 349 g/mol. The van der Waals surface area contributed by atoms with Crippen molar-refractivity contribution in [1.82, 2.24) is 10.2 Å². The first-order chi connectivity index (χ1) is 11.6. The molecule has 1 amide bonds. The van der Waals surface area contributed by atoms with Crippen molar-refractivity contribution in [3.8, 4) is 0 Å². The molecule has 1 aromatic carbocycles. The van der Waals surface area contributed by atoms with Gasteiger partial charge < -0.3 is 10.2 Å². The number of nitrogens with one attached hydrogen (secondary N) is 1. The molecule has 0 radical (unpaired) electrons. The summed E-state index contributed by atoms with van der Waals surface area (Å²) in [5.41, 5.74) is 1.18. The maximum absolute atomic E-state index is 13.0. The third-order valence-corrected chi connectivity index (χ3v) is 5.94. The molecule has 1 aliphatic heterocycles. The molecule has 1 aliphatic carbocycles. The fourth-order valence-electron chi connectivity index (χ4n) is 3.95. The van der Waals surface area contributed by atoms with E-state index in [2.05, 4.69) is 24.1 Å². The van der Waals surface area contributed by atoms with Crippen LogP contribution >= 0.6 is 11.6 Å². The number of hydrogen-bond donors (Lipinski definition) is 1. The van der Waals surface area contributed by atoms with Crippen molar-refractivity contribution in [2.24, 2.45) is 11.8 Å². The van der Waals surface area contributed by atoms with Crippen LogP contribution in [-0.4, -0.2) is 29.9 Å². The smallest absolute Gasteiger partial charge is 0.223 e. The summed E-state index contributed by atoms with van der Waals surface area (Å²) >= 11 is 6.00. The highest BCUT2D eigenvalue weighted by Crippen LogP contribution is 2.36. The van der Waals surface area contributed by atoms with Crippen LogP contribution in [-0.2, 0) is 4.79 Å². The molecule has 1 heterocycles. The van der Waals surface area contributed by atoms with Gasteiger partial charge in [0.15, 0.2) is 0 Å². The van der Waals surface area contributed by atoms with E-state index in [9.17, 15) is 4.79 Å². The van der Waals surface area contributed by atoms with Crippen molar-refractivity contribution < 1.29 is 4.79 Å². The lowest BCUT2D eigenvalue weighted by Crippen LogP contribution is -2.38. The first kappa shape index (κ1) is 17.8. The molecule has 3 rings (SSSR count). The number of piperidine rings is 1. The van der Waals surface area contributed by atoms with E-state index in [-0.39, 0.29) is 6.04 Å². The monoisotopic (exact) mass is 348 g/mol. The molecule has 1 saturated heterocycles. The molecule has 1 aromatic rings. The Balaban J connectivity index is 1.66. The Bertz CT molecular complexity index is 549. The number of rotatable bonds is 6. The minimum absolute atomic E-state index is 0.127. The van der Waals surface area contributed by atoms with Crippen molar-refractivity contribution in [3.05, 3.63) is 34.9 Å². The third-order valence-electron chi connectivity index (χ3n) is 5.68. The van der Waals surface area contributed by atoms with Gasteiger partial charge in [0.05, 0.1) is 6.04 Å². The van der Waals surface area contributed by atoms with E-state index in [0.717, 1.165) is 31.0 Å². The summed E-state index contributed by atoms with van der Waals surface area (Å²) in [6, 6.07) is 8.49. The van der Waals surface area contributed by atoms with Gasteiger partial charge in [-0.15, -0.1) is 0 Å². The van der Waals surface area contributed by atoms with Crippen LogP contribution in [0.25, 0.3) is 0 Å². The second kappa shape index (κ2) is 7.88. The quantitative estimate of drug-likeness (QED) is 0.825. The number of carbonyl (C=O) groups is 1. The maximum Gasteiger partial charge on any atom is 0.223 e. The van der Waals surface area contributed by atoms with E-state index >= 15 is 0 Å². The van der Waals surface area contributed by atoms with Gasteiger partial charge in [-0.05, 0) is 75.2 Å². The van der Waals surface area contributed by atoms with Gasteiger partial charge in [-0.25, -0.2) is 0 Å². The van der Waals surface area contributed by atoms with Crippen LogP contribution in [0.3, 0.4) is 0 Å². The lowest BCUT2D eigenvalue weighted by Gasteiger charge is -2.33. The summed E-state index contributed by atoms with van der Waals surface area (Å²) in [6.45, 7) is 6.59. The number of carbonyl (C=O) groups excluding carboxylic acids is 1. The molecular weight excluding hydrogens is 320 g/mol. The Morgan fingerprint density at radius 2 is 1.79 bits per heavy atom. The first-order valence-corrected chi connectivity index (χ1v) is 9.71. The number of amides is 1. The van der Waals surface area contributed by atoms with E-state index in [1.807, 2.05) is 24.3 Å². The second-order valence-corrected chi connectivity index (χ2v) is 7.96. The summed E-state index contributed by atoms with van der Waals surface area (Å²) < 4.78 is 0. The van der Waals surface area contributed by atoms with Gasteiger partial charge in [-0.2, -0.15) is 0 Å². The standard InChI is InChI=1S/C20H29ClN2O/c1-14(16-9-11-22-12-10-16)13-20(24)23(19-7-8-19)15(2)17-3-5-18(21)6-4-17/h3-6,14-16,19,22H,7-13H2,1-2H3. The predicted molar refractivity (Wildman–Crippen MR) is 99.1 cm³/mol. The molecule has 1 saturated carbocycles. The Morgan fingerprint density at radius 1 is 1.17 bits per heavy atom. The Kier molecular flexibility index (Phi) is 5.83. The normalized spacial score (nSPS) is 21.3. The van der Waals surface area contributed by atoms with Crippen molar-refractivity contribution in [2.45, 2.75) is 58.0 Å². The van der Waals surface area contributed by atoms with Crippen LogP contribution in [0.15, 0.2) is 24.3 Å². The molecule has 132 valence electrons. The van der Waals surface area contributed by atoms with E-state index in [0.29, 0.717) is 30.2 Å². The predicted octanol–water partition coefficient (Wildman–Crippen LogP) is 4.42. The summed E-state index contributed by atoms with van der Waals surface area (Å²) in [5, 5.41) is 4.16. The zero-order chi connectivity index (χ0) is 17.1. The minimum atomic E-state index is 0.127. The zero-order valence-electron chi connectivity index (χ0n) is 14.8. The molecule has 3 nitrogen and oxygen atoms in total. The van der Waals surface area contributed by atoms with Crippen molar-refractivity contribution in [2.75, 3.05) is 13.1 Å². The first-order valence-electron chi connectivity index (χ1n) is 9.33. The van der Waals surface area contributed by atoms with Gasteiger partial charge in [-0.3, -0.25) is 4.79 Å². The van der Waals surface area contributed by atoms with E-state index in [1.165, 1.54) is 18.4 Å². The lowest BCUT2D eigenvalue weighted by atomic mass is 9.83. The maximum atomic E-state index is 13.0. The molecule has 2 unspecified atom stereocenters. The summed E-state index contributed by atoms with van der Waals surface area (Å²) in [5.74, 6) is 1.48. The van der Waals surface area contributed by atoms with Crippen LogP contribution in [0.1, 0.15) is 57.6 Å². The van der Waals surface area contributed by atoms with Crippen molar-refractivity contribution >= 4 is 17.5 Å². The number of benzene rings is 1. The zero-order valence-corrected chi connectivity index (χ0v) is 15.6. The Morgan fingerprint density at radius 3 is 2.38 bits per heavy atom. The lowest BCUT2D eigenvalue weighted by molar-refractivity contribution is -0.135. The summed E-state index contributed by atoms with van der Waals surface area (Å²) in [7, 11) is 0. The minimum Gasteiger partial charge on any atom is -0.333 e. The van der Waals surface area contributed by atoms with Crippen LogP contribution < -0.4 is 5.32 Å². The van der Waals surface area contributed by atoms with Crippen molar-refractivity contribution in [1.29, 1.82) is 0 Å². The molecule has 4 heteroatoms. The molecule has 0 bridgehead atoms. The van der Waals surface area contributed by atoms with Crippen molar-refractivity contribution in [3.63, 3.8) is 0 Å². The van der Waals surface area contributed by atoms with Crippen LogP contribution in [0, 0.1) is 11.8 Å². The summed E-state index contributed by atoms with van der Waals surface area (Å²) in [6.07, 6.45) is 5.37. The average Bonchev–Trinajstić information content (AvgIpc) is 3.41. The highest BCUT2D eigenvalue weighted by molar-refractivity contribution is 6.30. The molecule has 24 heavy (non-hydrogen) atoms. The molecule has 2 atom stereocenters. The number of hydrogen-bond acceptors (Lipinski definition) is 2. The van der Waals surface area contributed by atoms with Gasteiger partial charge in [-0.1, -0.05) is 30.7 Å². The van der Waals surface area contributed by atoms with Gasteiger partial charge in [0.2, 0.25) is 5.91 Å². The third kappa shape index (κ3) is 4.31. The van der Waals surface area contributed by atoms with E-state index < -0.39 is 0 Å². The molecule has 2 aliphatic rings. The molecular formula is C20H29ClN2O. The molecule has 0 spiro atoms. The summed E-state index contributed by atoms with van der Waals surface area (Å²) in [4.78, 5) is 15.2. The Labute approximate surface area is 150 Å². The molecule has 2 fully saturated rings. The SMILES string of the molecule is CC(CC(=O)N(C1CC1)C(C)c1ccc(Cl)cc1)C1CCNCC1. The molecule has 1 N–H and O–H groups in total. The molecule has 0 aromatic heterocycles. The Hall–Kier alpha value is -1.06. The highest BCUT2D eigenvalue weighted by Gasteiger charge is 2.37. The van der Waals surface area contributed by atoms with Gasteiger partial charge >= 0.3 is 0 Å². The number of nitrogens with zero attached hydrogens (tertiary/aromatic N) is 1. The van der Waals surface area contributed by atoms with Gasteiger partial charge in [0.25, 0.3) is 0 Å². The fraction of sp³-hybridized carbons (Fsp3) is 0.650. The largest absolute Gasteiger partial charge is 0.333 e. The van der Waals surface area contributed by atoms with Crippen LogP contribution in [0.2, 0.25) is 5.02 Å². The van der Waals surface area contributed by atoms with Crippen LogP contribution in [0.5, 0.6) is 0 Å². The van der Waals surface area contributed by atoms with Gasteiger partial charge in [0.1, 0.15) is 0 Å². The highest BCUT2D eigenvalue weighted by atomic mass is 35.5. The number of halogens is 1. The van der Waals surface area contributed by atoms with E-state index in [1.54, 1.807) is 0 Å². The second-order valence-electron chi connectivity index (χ2n) is 7.53. The topological polar surface area (TPSA) is 32.3 Å². The van der Waals surface area contributed by atoms with E-state index in [4.69, 9.17) is 11.6 Å². The van der Waals surface area contributed by atoms with Crippen LogP contribution in [0.4, 0.5) is 0 Å². The van der Waals surface area contributed by atoms with Gasteiger partial charge in [0, 0.05) is 17.5 Å². The fourth-order valence-corrected chi connectivity index (χ4v) is 4.08.